The Bertz CT molecular complexity index is 1010. The number of benzene rings is 3. The third-order valence-corrected chi connectivity index (χ3v) is 4.31. The fourth-order valence-electron chi connectivity index (χ4n) is 2.54. The number of methoxy groups -OCH3 is 1. The standard InChI is InChI=1S/C23H19ClN2O3/c1-29-20-13-7-16(8-14-20)15-21(26-22(27)17-5-3-2-4-6-17)23(28)25-19-11-9-18(24)10-12-19/h2-15H,1H3,(H,25,28)(H,26,27)/b21-15-. The van der Waals surface area contributed by atoms with E-state index in [1.807, 2.05) is 6.07 Å². The summed E-state index contributed by atoms with van der Waals surface area (Å²) in [5.74, 6) is -0.133. The van der Waals surface area contributed by atoms with Crippen LogP contribution >= 0.6 is 11.6 Å². The van der Waals surface area contributed by atoms with E-state index in [1.165, 1.54) is 0 Å². The summed E-state index contributed by atoms with van der Waals surface area (Å²) in [7, 11) is 1.58. The Morgan fingerprint density at radius 2 is 1.55 bits per heavy atom. The van der Waals surface area contributed by atoms with Crippen molar-refractivity contribution in [3.63, 3.8) is 0 Å². The van der Waals surface area contributed by atoms with Crippen molar-refractivity contribution in [2.24, 2.45) is 0 Å². The van der Waals surface area contributed by atoms with Crippen molar-refractivity contribution >= 4 is 35.2 Å². The van der Waals surface area contributed by atoms with Crippen LogP contribution in [0.25, 0.3) is 6.08 Å². The van der Waals surface area contributed by atoms with Gasteiger partial charge in [0.25, 0.3) is 11.8 Å². The molecule has 0 radical (unpaired) electrons. The quantitative estimate of drug-likeness (QED) is 0.580. The number of carbonyl (C=O) groups excluding carboxylic acids is 2. The van der Waals surface area contributed by atoms with Gasteiger partial charge in [-0.1, -0.05) is 41.9 Å². The summed E-state index contributed by atoms with van der Waals surface area (Å²) < 4.78 is 5.15. The Labute approximate surface area is 174 Å². The largest absolute Gasteiger partial charge is 0.497 e. The van der Waals surface area contributed by atoms with E-state index >= 15 is 0 Å². The molecule has 29 heavy (non-hydrogen) atoms. The van der Waals surface area contributed by atoms with Gasteiger partial charge in [0, 0.05) is 16.3 Å². The van der Waals surface area contributed by atoms with E-state index < -0.39 is 5.91 Å². The van der Waals surface area contributed by atoms with E-state index in [2.05, 4.69) is 10.6 Å². The first-order valence-electron chi connectivity index (χ1n) is 8.84. The lowest BCUT2D eigenvalue weighted by Crippen LogP contribution is -2.30. The lowest BCUT2D eigenvalue weighted by atomic mass is 10.1. The van der Waals surface area contributed by atoms with E-state index in [0.29, 0.717) is 22.0 Å². The van der Waals surface area contributed by atoms with Crippen molar-refractivity contribution in [1.82, 2.24) is 5.32 Å². The van der Waals surface area contributed by atoms with Gasteiger partial charge in [0.1, 0.15) is 11.4 Å². The van der Waals surface area contributed by atoms with Crippen molar-refractivity contribution in [2.75, 3.05) is 12.4 Å². The fourth-order valence-corrected chi connectivity index (χ4v) is 2.67. The highest BCUT2D eigenvalue weighted by molar-refractivity contribution is 6.30. The Morgan fingerprint density at radius 1 is 0.897 bits per heavy atom. The molecular formula is C23H19ClN2O3. The molecule has 0 saturated heterocycles. The van der Waals surface area contributed by atoms with Gasteiger partial charge in [-0.15, -0.1) is 0 Å². The third-order valence-electron chi connectivity index (χ3n) is 4.06. The second kappa shape index (κ2) is 9.57. The zero-order chi connectivity index (χ0) is 20.6. The molecule has 0 unspecified atom stereocenters. The number of halogens is 1. The lowest BCUT2D eigenvalue weighted by Gasteiger charge is -2.11. The number of hydrogen-bond acceptors (Lipinski definition) is 3. The van der Waals surface area contributed by atoms with Crippen molar-refractivity contribution in [3.05, 3.63) is 101 Å². The van der Waals surface area contributed by atoms with Gasteiger partial charge >= 0.3 is 0 Å². The summed E-state index contributed by atoms with van der Waals surface area (Å²) in [6, 6.07) is 22.6. The number of carbonyl (C=O) groups is 2. The van der Waals surface area contributed by atoms with Gasteiger partial charge in [-0.3, -0.25) is 9.59 Å². The first-order chi connectivity index (χ1) is 14.0. The molecule has 2 amide bonds. The van der Waals surface area contributed by atoms with E-state index in [1.54, 1.807) is 86.0 Å². The van der Waals surface area contributed by atoms with Crippen LogP contribution in [0.15, 0.2) is 84.6 Å². The molecule has 2 N–H and O–H groups in total. The number of rotatable bonds is 6. The summed E-state index contributed by atoms with van der Waals surface area (Å²) in [6.45, 7) is 0. The van der Waals surface area contributed by atoms with Gasteiger partial charge in [0.05, 0.1) is 7.11 Å². The number of nitrogens with one attached hydrogen (secondary N) is 2. The molecule has 0 heterocycles. The predicted octanol–water partition coefficient (Wildman–Crippen LogP) is 4.76. The molecule has 146 valence electrons. The molecule has 0 aliphatic heterocycles. The Hall–Kier alpha value is -3.57. The highest BCUT2D eigenvalue weighted by Crippen LogP contribution is 2.16. The molecule has 0 aliphatic carbocycles. The minimum atomic E-state index is -0.451. The number of ether oxygens (including phenoxy) is 1. The van der Waals surface area contributed by atoms with Crippen molar-refractivity contribution in [2.45, 2.75) is 0 Å². The van der Waals surface area contributed by atoms with Crippen LogP contribution in [-0.2, 0) is 4.79 Å². The zero-order valence-corrected chi connectivity index (χ0v) is 16.4. The lowest BCUT2D eigenvalue weighted by molar-refractivity contribution is -0.113. The first-order valence-corrected chi connectivity index (χ1v) is 9.22. The molecule has 3 aromatic carbocycles. The van der Waals surface area contributed by atoms with E-state index in [-0.39, 0.29) is 11.6 Å². The highest BCUT2D eigenvalue weighted by Gasteiger charge is 2.15. The number of amides is 2. The van der Waals surface area contributed by atoms with Gasteiger partial charge < -0.3 is 15.4 Å². The molecule has 0 aromatic heterocycles. The van der Waals surface area contributed by atoms with Crippen molar-refractivity contribution < 1.29 is 14.3 Å². The molecule has 0 fully saturated rings. The smallest absolute Gasteiger partial charge is 0.272 e. The average Bonchev–Trinajstić information content (AvgIpc) is 2.76. The maximum absolute atomic E-state index is 12.8. The molecule has 0 aliphatic rings. The summed E-state index contributed by atoms with van der Waals surface area (Å²) >= 11 is 5.89. The predicted molar refractivity (Wildman–Crippen MR) is 115 cm³/mol. The zero-order valence-electron chi connectivity index (χ0n) is 15.7. The Kier molecular flexibility index (Phi) is 6.66. The molecule has 6 heteroatoms. The van der Waals surface area contributed by atoms with E-state index in [9.17, 15) is 9.59 Å². The third kappa shape index (κ3) is 5.70. The van der Waals surface area contributed by atoms with Crippen LogP contribution in [0.3, 0.4) is 0 Å². The van der Waals surface area contributed by atoms with Crippen LogP contribution in [-0.4, -0.2) is 18.9 Å². The summed E-state index contributed by atoms with van der Waals surface area (Å²) in [5, 5.41) is 6.02. The summed E-state index contributed by atoms with van der Waals surface area (Å²) in [5.41, 5.74) is 1.86. The number of hydrogen-bond donors (Lipinski definition) is 2. The normalized spacial score (nSPS) is 10.9. The minimum Gasteiger partial charge on any atom is -0.497 e. The van der Waals surface area contributed by atoms with Crippen LogP contribution < -0.4 is 15.4 Å². The van der Waals surface area contributed by atoms with Crippen molar-refractivity contribution in [1.29, 1.82) is 0 Å². The molecule has 3 aromatic rings. The van der Waals surface area contributed by atoms with E-state index in [4.69, 9.17) is 16.3 Å². The molecule has 0 spiro atoms. The van der Waals surface area contributed by atoms with Gasteiger partial charge in [0.15, 0.2) is 0 Å². The minimum absolute atomic E-state index is 0.110. The highest BCUT2D eigenvalue weighted by atomic mass is 35.5. The van der Waals surface area contributed by atoms with Crippen LogP contribution in [0.2, 0.25) is 5.02 Å². The van der Waals surface area contributed by atoms with E-state index in [0.717, 1.165) is 5.56 Å². The van der Waals surface area contributed by atoms with Gasteiger partial charge in [-0.25, -0.2) is 0 Å². The van der Waals surface area contributed by atoms with Crippen LogP contribution in [0, 0.1) is 0 Å². The average molecular weight is 407 g/mol. The summed E-state index contributed by atoms with van der Waals surface area (Å²) in [4.78, 5) is 25.4. The van der Waals surface area contributed by atoms with Gasteiger partial charge in [-0.05, 0) is 60.2 Å². The molecule has 0 bridgehead atoms. The summed E-state index contributed by atoms with van der Waals surface area (Å²) in [6.07, 6.45) is 1.60. The molecular weight excluding hydrogens is 388 g/mol. The fraction of sp³-hybridized carbons (Fsp3) is 0.0435. The molecule has 3 rings (SSSR count). The second-order valence-electron chi connectivity index (χ2n) is 6.11. The molecule has 5 nitrogen and oxygen atoms in total. The molecule has 0 atom stereocenters. The van der Waals surface area contributed by atoms with Gasteiger partial charge in [-0.2, -0.15) is 0 Å². The SMILES string of the molecule is COc1ccc(/C=C(\NC(=O)c2ccccc2)C(=O)Nc2ccc(Cl)cc2)cc1. The first kappa shape index (κ1) is 20.2. The van der Waals surface area contributed by atoms with Crippen molar-refractivity contribution in [3.8, 4) is 5.75 Å². The monoisotopic (exact) mass is 406 g/mol. The Balaban J connectivity index is 1.86. The molecule has 0 saturated carbocycles. The second-order valence-corrected chi connectivity index (χ2v) is 6.55. The topological polar surface area (TPSA) is 67.4 Å². The van der Waals surface area contributed by atoms with Gasteiger partial charge in [0.2, 0.25) is 0 Å². The maximum Gasteiger partial charge on any atom is 0.272 e. The Morgan fingerprint density at radius 3 is 2.17 bits per heavy atom. The number of anilines is 1. The maximum atomic E-state index is 12.8. The van der Waals surface area contributed by atoms with Crippen LogP contribution in [0.4, 0.5) is 5.69 Å². The van der Waals surface area contributed by atoms with Crippen LogP contribution in [0.1, 0.15) is 15.9 Å². The van der Waals surface area contributed by atoms with Crippen LogP contribution in [0.5, 0.6) is 5.75 Å².